The predicted octanol–water partition coefficient (Wildman–Crippen LogP) is 3.21. The molecular weight excluding hydrogens is 453 g/mol. The highest BCUT2D eigenvalue weighted by molar-refractivity contribution is 5.92. The average molecular weight is 470 g/mol. The number of nitrogens with two attached hydrogens (primary N) is 2. The van der Waals surface area contributed by atoms with E-state index in [1.807, 2.05) is 0 Å². The van der Waals surface area contributed by atoms with Crippen LogP contribution in [0.15, 0.2) is 48.5 Å². The van der Waals surface area contributed by atoms with Crippen LogP contribution < -0.4 is 21.5 Å². The van der Waals surface area contributed by atoms with Gasteiger partial charge in [-0.05, 0) is 49.4 Å². The number of aromatic nitrogens is 2. The standard InChI is InChI=1S/C22H17F3N6O3/c1-11(19(27)32)29-18-9-17(20(28)33)30-21(31-18)12-2-5-14(6-3-12)34-15-7-4-13(10-26)16(8-15)22(23,24)25/h2-9,11H,1H3,(H2,27,32)(H2,28,33)(H,29,30,31)/t11-/m0/s1. The fraction of sp³-hybridized carbons (Fsp3) is 0.136. The lowest BCUT2D eigenvalue weighted by Crippen LogP contribution is -2.33. The van der Waals surface area contributed by atoms with Crippen LogP contribution in [0.4, 0.5) is 19.0 Å². The second kappa shape index (κ2) is 9.45. The van der Waals surface area contributed by atoms with Gasteiger partial charge in [-0.15, -0.1) is 0 Å². The lowest BCUT2D eigenvalue weighted by atomic mass is 10.1. The Labute approximate surface area is 191 Å². The van der Waals surface area contributed by atoms with Crippen molar-refractivity contribution < 1.29 is 27.5 Å². The topological polar surface area (TPSA) is 157 Å². The van der Waals surface area contributed by atoms with Crippen LogP contribution in [0.3, 0.4) is 0 Å². The van der Waals surface area contributed by atoms with Crippen LogP contribution in [0.2, 0.25) is 0 Å². The zero-order chi connectivity index (χ0) is 25.0. The van der Waals surface area contributed by atoms with Crippen molar-refractivity contribution in [1.29, 1.82) is 5.26 Å². The number of anilines is 1. The number of nitriles is 1. The molecule has 2 amide bonds. The Bertz CT molecular complexity index is 1290. The van der Waals surface area contributed by atoms with Crippen LogP contribution in [0.5, 0.6) is 11.5 Å². The SMILES string of the molecule is C[C@H](Nc1cc(C(N)=O)nc(-c2ccc(Oc3ccc(C#N)c(C(F)(F)F)c3)cc2)n1)C(N)=O. The van der Waals surface area contributed by atoms with Gasteiger partial charge in [0, 0.05) is 11.6 Å². The van der Waals surface area contributed by atoms with Gasteiger partial charge < -0.3 is 21.5 Å². The molecule has 0 saturated carbocycles. The van der Waals surface area contributed by atoms with Crippen LogP contribution in [-0.2, 0) is 11.0 Å². The van der Waals surface area contributed by atoms with E-state index in [1.54, 1.807) is 0 Å². The van der Waals surface area contributed by atoms with Gasteiger partial charge in [-0.3, -0.25) is 9.59 Å². The lowest BCUT2D eigenvalue weighted by Gasteiger charge is -2.13. The fourth-order valence-corrected chi connectivity index (χ4v) is 2.80. The van der Waals surface area contributed by atoms with Gasteiger partial charge in [-0.2, -0.15) is 18.4 Å². The molecule has 3 rings (SSSR count). The summed E-state index contributed by atoms with van der Waals surface area (Å²) in [5.41, 5.74) is 9.26. The molecule has 9 nitrogen and oxygen atoms in total. The summed E-state index contributed by atoms with van der Waals surface area (Å²) in [5, 5.41) is 11.6. The molecule has 0 fully saturated rings. The van der Waals surface area contributed by atoms with Crippen LogP contribution in [0.25, 0.3) is 11.4 Å². The first kappa shape index (κ1) is 24.0. The normalized spacial score (nSPS) is 11.9. The molecular formula is C22H17F3N6O3. The molecule has 0 unspecified atom stereocenters. The minimum absolute atomic E-state index is 0.0970. The number of alkyl halides is 3. The van der Waals surface area contributed by atoms with Crippen LogP contribution in [-0.4, -0.2) is 27.8 Å². The molecule has 1 atom stereocenters. The molecule has 34 heavy (non-hydrogen) atoms. The maximum atomic E-state index is 13.2. The summed E-state index contributed by atoms with van der Waals surface area (Å²) >= 11 is 0. The maximum Gasteiger partial charge on any atom is 0.417 e. The smallest absolute Gasteiger partial charge is 0.417 e. The Morgan fingerprint density at radius 1 is 1.06 bits per heavy atom. The van der Waals surface area contributed by atoms with E-state index in [2.05, 4.69) is 15.3 Å². The van der Waals surface area contributed by atoms with Crippen molar-refractivity contribution in [2.24, 2.45) is 11.5 Å². The zero-order valence-corrected chi connectivity index (χ0v) is 17.6. The Balaban J connectivity index is 1.89. The van der Waals surface area contributed by atoms with Crippen molar-refractivity contribution >= 4 is 17.6 Å². The van der Waals surface area contributed by atoms with Gasteiger partial charge in [0.05, 0.1) is 17.2 Å². The van der Waals surface area contributed by atoms with Gasteiger partial charge in [-0.1, -0.05) is 0 Å². The van der Waals surface area contributed by atoms with Gasteiger partial charge >= 0.3 is 6.18 Å². The number of nitrogens with zero attached hydrogens (tertiary/aromatic N) is 3. The van der Waals surface area contributed by atoms with Gasteiger partial charge in [0.25, 0.3) is 5.91 Å². The van der Waals surface area contributed by atoms with Crippen LogP contribution in [0.1, 0.15) is 28.5 Å². The van der Waals surface area contributed by atoms with E-state index >= 15 is 0 Å². The molecule has 3 aromatic rings. The summed E-state index contributed by atoms with van der Waals surface area (Å²) in [6.45, 7) is 1.51. The molecule has 0 saturated heterocycles. The van der Waals surface area contributed by atoms with Crippen LogP contribution in [0, 0.1) is 11.3 Å². The number of nitrogens with one attached hydrogen (secondary N) is 1. The van der Waals surface area contributed by atoms with Crippen molar-refractivity contribution in [2.45, 2.75) is 19.1 Å². The first-order valence-electron chi connectivity index (χ1n) is 9.62. The summed E-state index contributed by atoms with van der Waals surface area (Å²) in [7, 11) is 0. The number of hydrogen-bond donors (Lipinski definition) is 3. The van der Waals surface area contributed by atoms with Gasteiger partial charge in [0.1, 0.15) is 29.1 Å². The third kappa shape index (κ3) is 5.57. The van der Waals surface area contributed by atoms with Gasteiger partial charge in [0.15, 0.2) is 5.82 Å². The average Bonchev–Trinajstić information content (AvgIpc) is 2.78. The molecule has 0 spiro atoms. The molecule has 0 radical (unpaired) electrons. The van der Waals surface area contributed by atoms with Gasteiger partial charge in [0.2, 0.25) is 5.91 Å². The lowest BCUT2D eigenvalue weighted by molar-refractivity contribution is -0.137. The minimum atomic E-state index is -4.71. The predicted molar refractivity (Wildman–Crippen MR) is 114 cm³/mol. The Morgan fingerprint density at radius 2 is 1.71 bits per heavy atom. The largest absolute Gasteiger partial charge is 0.457 e. The highest BCUT2D eigenvalue weighted by Crippen LogP contribution is 2.35. The number of ether oxygens (including phenoxy) is 1. The Hall–Kier alpha value is -4.66. The quantitative estimate of drug-likeness (QED) is 0.478. The second-order valence-electron chi connectivity index (χ2n) is 7.04. The first-order valence-corrected chi connectivity index (χ1v) is 9.62. The summed E-state index contributed by atoms with van der Waals surface area (Å²) in [6, 6.07) is 11.0. The fourth-order valence-electron chi connectivity index (χ4n) is 2.80. The number of carbonyl (C=O) groups excluding carboxylic acids is 2. The third-order valence-electron chi connectivity index (χ3n) is 4.53. The molecule has 1 aromatic heterocycles. The number of hydrogen-bond acceptors (Lipinski definition) is 7. The Morgan fingerprint density at radius 3 is 2.26 bits per heavy atom. The van der Waals surface area contributed by atoms with E-state index < -0.39 is 35.2 Å². The second-order valence-corrected chi connectivity index (χ2v) is 7.04. The number of carbonyl (C=O) groups is 2. The number of halogens is 3. The molecule has 5 N–H and O–H groups in total. The summed E-state index contributed by atoms with van der Waals surface area (Å²) in [5.74, 6) is -1.13. The van der Waals surface area contributed by atoms with Crippen molar-refractivity contribution in [2.75, 3.05) is 5.32 Å². The van der Waals surface area contributed by atoms with Crippen molar-refractivity contribution in [3.63, 3.8) is 0 Å². The van der Waals surface area contributed by atoms with Crippen molar-refractivity contribution in [3.8, 4) is 29.0 Å². The number of amides is 2. The number of primary amides is 2. The molecule has 2 aromatic carbocycles. The van der Waals surface area contributed by atoms with E-state index in [9.17, 15) is 22.8 Å². The number of benzene rings is 2. The molecule has 0 aliphatic rings. The summed E-state index contributed by atoms with van der Waals surface area (Å²) in [6.07, 6.45) is -4.71. The van der Waals surface area contributed by atoms with E-state index in [4.69, 9.17) is 21.5 Å². The molecule has 12 heteroatoms. The highest BCUT2D eigenvalue weighted by Gasteiger charge is 2.34. The van der Waals surface area contributed by atoms with Crippen LogP contribution >= 0.6 is 0 Å². The highest BCUT2D eigenvalue weighted by atomic mass is 19.4. The van der Waals surface area contributed by atoms with E-state index in [0.717, 1.165) is 12.1 Å². The Kier molecular flexibility index (Phi) is 6.67. The van der Waals surface area contributed by atoms with Crippen molar-refractivity contribution in [1.82, 2.24) is 9.97 Å². The molecule has 1 heterocycles. The van der Waals surface area contributed by atoms with Gasteiger partial charge in [-0.25, -0.2) is 9.97 Å². The third-order valence-corrected chi connectivity index (χ3v) is 4.53. The zero-order valence-electron chi connectivity index (χ0n) is 17.6. The van der Waals surface area contributed by atoms with E-state index in [0.29, 0.717) is 5.56 Å². The summed E-state index contributed by atoms with van der Waals surface area (Å²) < 4.78 is 44.9. The molecule has 0 bridgehead atoms. The van der Waals surface area contributed by atoms with Crippen molar-refractivity contribution in [3.05, 3.63) is 65.4 Å². The minimum Gasteiger partial charge on any atom is -0.457 e. The monoisotopic (exact) mass is 470 g/mol. The molecule has 0 aliphatic heterocycles. The molecule has 0 aliphatic carbocycles. The number of rotatable bonds is 7. The molecule has 174 valence electrons. The maximum absolute atomic E-state index is 13.2. The first-order chi connectivity index (χ1) is 16.0. The van der Waals surface area contributed by atoms with E-state index in [-0.39, 0.29) is 28.8 Å². The summed E-state index contributed by atoms with van der Waals surface area (Å²) in [4.78, 5) is 31.3. The van der Waals surface area contributed by atoms with E-state index in [1.165, 1.54) is 49.4 Å².